The van der Waals surface area contributed by atoms with Gasteiger partial charge < -0.3 is 25.0 Å². The van der Waals surface area contributed by atoms with Gasteiger partial charge in [0.05, 0.1) is 47.9 Å². The highest BCUT2D eigenvalue weighted by molar-refractivity contribution is 6.32. The van der Waals surface area contributed by atoms with Gasteiger partial charge in [-0.3, -0.25) is 15.1 Å². The number of nitrogens with zero attached hydrogens (tertiary/aromatic N) is 4. The first-order chi connectivity index (χ1) is 17.9. The topological polar surface area (TPSA) is 127 Å². The maximum Gasteiger partial charge on any atom is 0.244 e. The molecule has 37 heavy (non-hydrogen) atoms. The van der Waals surface area contributed by atoms with Gasteiger partial charge in [-0.15, -0.1) is 0 Å². The molecule has 0 bridgehead atoms. The fourth-order valence-electron chi connectivity index (χ4n) is 5.42. The summed E-state index contributed by atoms with van der Waals surface area (Å²) in [6, 6.07) is 11.3. The van der Waals surface area contributed by atoms with Crippen LogP contribution in [0, 0.1) is 17.2 Å². The van der Waals surface area contributed by atoms with E-state index in [-0.39, 0.29) is 36.3 Å². The van der Waals surface area contributed by atoms with Crippen LogP contribution in [-0.2, 0) is 9.53 Å². The number of hydrogen-bond donors (Lipinski definition) is 4. The lowest BCUT2D eigenvalue weighted by Gasteiger charge is -2.39. The van der Waals surface area contributed by atoms with E-state index in [4.69, 9.17) is 21.1 Å². The van der Waals surface area contributed by atoms with Crippen LogP contribution in [0.2, 0.25) is 5.02 Å². The van der Waals surface area contributed by atoms with Crippen molar-refractivity contribution >= 4 is 34.7 Å². The molecule has 4 N–H and O–H groups in total. The number of methoxy groups -OCH3 is 2. The Bertz CT molecular complexity index is 1210. The number of anilines is 3. The van der Waals surface area contributed by atoms with Crippen LogP contribution in [0.15, 0.2) is 30.3 Å². The van der Waals surface area contributed by atoms with Gasteiger partial charge in [0.1, 0.15) is 11.9 Å². The molecular weight excluding hydrogens is 496 g/mol. The van der Waals surface area contributed by atoms with Crippen molar-refractivity contribution in [2.24, 2.45) is 5.92 Å². The number of nitrogens with one attached hydrogen (secondary N) is 4. The Morgan fingerprint density at radius 3 is 2.81 bits per heavy atom. The van der Waals surface area contributed by atoms with Crippen LogP contribution in [0.3, 0.4) is 0 Å². The lowest BCUT2D eigenvalue weighted by Crippen LogP contribution is -2.60. The Morgan fingerprint density at radius 2 is 2.08 bits per heavy atom. The van der Waals surface area contributed by atoms with Gasteiger partial charge in [0.25, 0.3) is 0 Å². The van der Waals surface area contributed by atoms with Crippen LogP contribution in [0.1, 0.15) is 18.5 Å². The molecule has 4 unspecified atom stereocenters. The first kappa shape index (κ1) is 25.4. The summed E-state index contributed by atoms with van der Waals surface area (Å²) in [5, 5.41) is 22.2. The number of carbonyl (C=O) groups excluding carboxylic acids is 1. The van der Waals surface area contributed by atoms with Crippen molar-refractivity contribution in [2.75, 3.05) is 49.9 Å². The zero-order valence-electron chi connectivity index (χ0n) is 21.0. The van der Waals surface area contributed by atoms with E-state index in [1.54, 1.807) is 27.3 Å². The van der Waals surface area contributed by atoms with E-state index in [1.807, 2.05) is 24.3 Å². The van der Waals surface area contributed by atoms with Gasteiger partial charge in [-0.2, -0.15) is 5.26 Å². The summed E-state index contributed by atoms with van der Waals surface area (Å²) < 4.78 is 11.0. The number of para-hydroxylation sites is 1. The van der Waals surface area contributed by atoms with E-state index in [9.17, 15) is 10.1 Å². The third-order valence-corrected chi connectivity index (χ3v) is 7.54. The van der Waals surface area contributed by atoms with Crippen molar-refractivity contribution in [3.05, 3.63) is 41.0 Å². The number of aromatic nitrogens is 1. The Morgan fingerprint density at radius 1 is 1.24 bits per heavy atom. The third kappa shape index (κ3) is 4.98. The molecule has 0 saturated carbocycles. The number of amides is 1. The van der Waals surface area contributed by atoms with Crippen LogP contribution in [-0.4, -0.2) is 74.7 Å². The van der Waals surface area contributed by atoms with Crippen molar-refractivity contribution in [2.45, 2.75) is 37.3 Å². The second-order valence-electron chi connectivity index (χ2n) is 9.47. The number of halogens is 1. The average molecular weight is 527 g/mol. The molecule has 0 spiro atoms. The number of fused-ring (bicyclic) bond motifs is 1. The smallest absolute Gasteiger partial charge is 0.244 e. The van der Waals surface area contributed by atoms with Crippen LogP contribution < -0.4 is 31.0 Å². The van der Waals surface area contributed by atoms with Gasteiger partial charge in [-0.25, -0.2) is 10.4 Å². The highest BCUT2D eigenvalue weighted by Gasteiger charge is 2.48. The standard InChI is InChI=1S/C25H31ClN8O3/c1-33-25(35)22-17(28-16-6-4-5-15(26)23(16)37-3)11-21(31-24(22)32-33)30-20-8-7-19(18(12-27)29-20)34-10-9-14(13-34)36-2/h4-8,14,17,21-22,24,28,31-32H,9-11,13H2,1-3H3,(H,29,30)/t14-,17?,21?,22?,24?/m0/s1. The Kier molecular flexibility index (Phi) is 7.26. The molecule has 5 atom stereocenters. The normalized spacial score (nSPS) is 27.1. The van der Waals surface area contributed by atoms with Gasteiger partial charge in [-0.05, 0) is 30.7 Å². The third-order valence-electron chi connectivity index (χ3n) is 7.24. The summed E-state index contributed by atoms with van der Waals surface area (Å²) in [7, 11) is 4.99. The number of ether oxygens (including phenoxy) is 2. The molecule has 2 aromatic rings. The first-order valence-electron chi connectivity index (χ1n) is 12.3. The Balaban J connectivity index is 1.36. The van der Waals surface area contributed by atoms with E-state index in [2.05, 4.69) is 37.3 Å². The minimum atomic E-state index is -0.347. The van der Waals surface area contributed by atoms with E-state index in [1.165, 1.54) is 5.01 Å². The fourth-order valence-corrected chi connectivity index (χ4v) is 5.67. The molecule has 3 aliphatic rings. The second-order valence-corrected chi connectivity index (χ2v) is 9.88. The van der Waals surface area contributed by atoms with Crippen molar-refractivity contribution in [3.8, 4) is 11.8 Å². The van der Waals surface area contributed by atoms with Gasteiger partial charge in [-0.1, -0.05) is 17.7 Å². The largest absolute Gasteiger partial charge is 0.493 e. The Hall–Kier alpha value is -3.30. The molecule has 196 valence electrons. The molecule has 5 rings (SSSR count). The average Bonchev–Trinajstić information content (AvgIpc) is 3.48. The van der Waals surface area contributed by atoms with Crippen LogP contribution >= 0.6 is 11.6 Å². The number of pyridine rings is 1. The second kappa shape index (κ2) is 10.6. The summed E-state index contributed by atoms with van der Waals surface area (Å²) >= 11 is 6.33. The summed E-state index contributed by atoms with van der Waals surface area (Å²) in [4.78, 5) is 19.7. The van der Waals surface area contributed by atoms with Crippen molar-refractivity contribution in [1.82, 2.24) is 20.7 Å². The predicted octanol–water partition coefficient (Wildman–Crippen LogP) is 1.97. The van der Waals surface area contributed by atoms with Crippen molar-refractivity contribution < 1.29 is 14.3 Å². The van der Waals surface area contributed by atoms with Crippen molar-refractivity contribution in [1.29, 1.82) is 5.26 Å². The predicted molar refractivity (Wildman–Crippen MR) is 140 cm³/mol. The lowest BCUT2D eigenvalue weighted by atomic mass is 9.88. The zero-order chi connectivity index (χ0) is 26.1. The number of hydrogen-bond acceptors (Lipinski definition) is 10. The molecule has 1 amide bonds. The monoisotopic (exact) mass is 526 g/mol. The molecule has 1 aromatic carbocycles. The number of hydrazine groups is 1. The molecule has 11 nitrogen and oxygen atoms in total. The number of piperidine rings is 1. The number of nitriles is 1. The minimum absolute atomic E-state index is 0.0105. The molecule has 0 radical (unpaired) electrons. The molecule has 3 aliphatic heterocycles. The highest BCUT2D eigenvalue weighted by atomic mass is 35.5. The lowest BCUT2D eigenvalue weighted by molar-refractivity contribution is -0.131. The molecular formula is C25H31ClN8O3. The van der Waals surface area contributed by atoms with Crippen molar-refractivity contribution in [3.63, 3.8) is 0 Å². The summed E-state index contributed by atoms with van der Waals surface area (Å²) in [5.41, 5.74) is 5.09. The number of rotatable bonds is 7. The fraction of sp³-hybridized carbons (Fsp3) is 0.480. The quantitative estimate of drug-likeness (QED) is 0.425. The summed E-state index contributed by atoms with van der Waals surface area (Å²) in [6.07, 6.45) is 1.11. The molecule has 4 heterocycles. The first-order valence-corrected chi connectivity index (χ1v) is 12.6. The summed E-state index contributed by atoms with van der Waals surface area (Å²) in [6.45, 7) is 1.56. The van der Waals surface area contributed by atoms with E-state index >= 15 is 0 Å². The summed E-state index contributed by atoms with van der Waals surface area (Å²) in [5.74, 6) is 0.754. The van der Waals surface area contributed by atoms with Gasteiger partial charge in [0, 0.05) is 39.7 Å². The zero-order valence-corrected chi connectivity index (χ0v) is 21.7. The van der Waals surface area contributed by atoms with E-state index < -0.39 is 0 Å². The molecule has 3 fully saturated rings. The van der Waals surface area contributed by atoms with Gasteiger partial charge in [0.15, 0.2) is 11.4 Å². The van der Waals surface area contributed by atoms with Crippen LogP contribution in [0.25, 0.3) is 0 Å². The maximum absolute atomic E-state index is 13.0. The van der Waals surface area contributed by atoms with Crippen LogP contribution in [0.5, 0.6) is 5.75 Å². The minimum Gasteiger partial charge on any atom is -0.493 e. The van der Waals surface area contributed by atoms with E-state index in [0.717, 1.165) is 30.9 Å². The van der Waals surface area contributed by atoms with E-state index in [0.29, 0.717) is 28.7 Å². The molecule has 3 saturated heterocycles. The molecule has 12 heteroatoms. The van der Waals surface area contributed by atoms with Crippen LogP contribution in [0.4, 0.5) is 17.2 Å². The SMILES string of the molecule is COc1c(Cl)cccc1NC1CC(Nc2ccc(N3CC[C@H](OC)C3)c(C#N)n2)NC2NN(C)C(=O)C12. The number of benzene rings is 1. The molecule has 0 aliphatic carbocycles. The number of carbonyl (C=O) groups is 1. The van der Waals surface area contributed by atoms with Gasteiger partial charge in [0.2, 0.25) is 5.91 Å². The van der Waals surface area contributed by atoms with Gasteiger partial charge >= 0.3 is 0 Å². The highest BCUT2D eigenvalue weighted by Crippen LogP contribution is 2.36. The maximum atomic E-state index is 13.0. The molecule has 1 aromatic heterocycles. The Labute approximate surface area is 221 Å².